The second kappa shape index (κ2) is 3.96. The molecule has 0 bridgehead atoms. The first-order chi connectivity index (χ1) is 40.8. The van der Waals surface area contributed by atoms with Crippen LogP contribution in [0.2, 0.25) is 0 Å². The Kier molecular flexibility index (Phi) is 1.31. The van der Waals surface area contributed by atoms with Crippen LogP contribution in [0.4, 0.5) is 0 Å². The average Bonchev–Trinajstić information content (AvgIpc) is 0.410. The zero-order valence-electron chi connectivity index (χ0n) is 45.0. The van der Waals surface area contributed by atoms with Gasteiger partial charge in [-0.15, -0.1) is 0 Å². The van der Waals surface area contributed by atoms with Gasteiger partial charge in [-0.25, -0.2) is 0 Å². The summed E-state index contributed by atoms with van der Waals surface area (Å²) in [6.07, 6.45) is 14.9. The van der Waals surface area contributed by atoms with Crippen LogP contribution in [0.15, 0.2) is 0 Å². The van der Waals surface area contributed by atoms with Gasteiger partial charge in [0.2, 0.25) is 0 Å². The molecular weight excluding hydrogens is 985 g/mol. The van der Waals surface area contributed by atoms with E-state index in [2.05, 4.69) is 0 Å². The molecule has 0 aromatic heterocycles. The van der Waals surface area contributed by atoms with E-state index in [-0.39, 0.29) is 0 Å². The van der Waals surface area contributed by atoms with Crippen LogP contribution >= 0.6 is 0 Å². The summed E-state index contributed by atoms with van der Waals surface area (Å²) in [4.78, 5) is 0. The smallest absolute Gasteiger partial charge is 0.000370 e. The maximum atomic E-state index is 1.99. The number of hydrogen-bond donors (Lipinski definition) is 0. The van der Waals surface area contributed by atoms with E-state index in [9.17, 15) is 0 Å². The van der Waals surface area contributed by atoms with Crippen molar-refractivity contribution >= 4 is 0 Å². The molecule has 0 aliphatic heterocycles. The van der Waals surface area contributed by atoms with Crippen molar-refractivity contribution < 1.29 is 0 Å². The van der Waals surface area contributed by atoms with Crippen molar-refractivity contribution in [1.29, 1.82) is 0 Å². The molecule has 374 valence electrons. The summed E-state index contributed by atoms with van der Waals surface area (Å²) in [5.41, 5.74) is 49.6. The van der Waals surface area contributed by atoms with Crippen LogP contribution in [0.1, 0.15) is 51.4 Å². The maximum absolute atomic E-state index is 1.99. The molecule has 0 aromatic rings. The molecule has 0 N–H and O–H groups in total. The molecule has 0 heterocycles. The predicted molar refractivity (Wildman–Crippen MR) is 250 cm³/mol. The third kappa shape index (κ3) is 0.544. The number of fused-ring (bicyclic) bond motifs is 22. The van der Waals surface area contributed by atoms with E-state index in [1.165, 1.54) is 178 Å². The minimum absolute atomic E-state index is 1.05. The molecule has 44 spiro atoms. The molecule has 60 aliphatic rings. The van der Waals surface area contributed by atoms with Crippen molar-refractivity contribution in [2.24, 2.45) is 405 Å². The molecule has 74 atom stereocenters. The van der Waals surface area contributed by atoms with Crippen molar-refractivity contribution in [3.63, 3.8) is 0 Å². The Labute approximate surface area is 464 Å². The molecule has 60 saturated carbocycles. The zero-order chi connectivity index (χ0) is 45.0. The van der Waals surface area contributed by atoms with E-state index in [1.54, 1.807) is 6.42 Å². The van der Waals surface area contributed by atoms with Gasteiger partial charge in [0.05, 0.1) is 0 Å². The lowest BCUT2D eigenvalue weighted by Crippen LogP contribution is -3.74. The molecule has 60 fully saturated rings. The summed E-state index contributed by atoms with van der Waals surface area (Å²) in [6.45, 7) is 0. The van der Waals surface area contributed by atoms with Gasteiger partial charge in [-0.1, -0.05) is 6.42 Å². The van der Waals surface area contributed by atoms with Gasteiger partial charge in [0.15, 0.2) is 0 Å². The summed E-state index contributed by atoms with van der Waals surface area (Å²) in [6, 6.07) is 0. The zero-order valence-corrected chi connectivity index (χ0v) is 45.0. The van der Waals surface area contributed by atoms with Crippen molar-refractivity contribution in [3.05, 3.63) is 10.8 Å². The Bertz CT molecular complexity index is 6150. The molecule has 60 aliphatic carbocycles. The standard InChI is InChI=1S/C82H46/c1-2-9-18-23-27-31-34-30-26-22-17-8-39-12-5-4-11-14-7-15-20-24-28-32-35-36-33-29-25-21-16-6-13-10(3-1)43-38-19(9)44(18)48(23)52(27)56(31)60(34)57(30)53(26)49(22)45(17,39)67-63(39)37(12)42(11)40(14,15)46(20)50(24)54(28)58(32)61(35)62(36)59(33)55(29)51(25)47(21,41(13,16)43)66(43)64(38,44)68(48)70(51,66)74(55)72(52,68)76(56)78(59,74)82(62)80(60,76)79(57)75(53)71(49,67)73(54,69(50,67)65(42,46)63)77(58,75)81(61,79)82/h9-38H,1-8H2. The summed E-state index contributed by atoms with van der Waals surface area (Å²) >= 11 is 0. The molecular formula is C82H46. The summed E-state index contributed by atoms with van der Waals surface area (Å²) in [5.74, 6) is 42.5. The Morgan fingerprint density at radius 2 is 0.549 bits per heavy atom. The van der Waals surface area contributed by atoms with E-state index in [0.29, 0.717) is 0 Å². The van der Waals surface area contributed by atoms with Crippen molar-refractivity contribution in [3.8, 4) is 0 Å². The fourth-order valence-corrected chi connectivity index (χ4v) is 94.8. The second-order valence-electron chi connectivity index (χ2n) is 53.6. The number of rotatable bonds is 0. The first-order valence-electron chi connectivity index (χ1n) is 40.8. The molecule has 74 unspecified atom stereocenters. The van der Waals surface area contributed by atoms with Gasteiger partial charge in [0.25, 0.3) is 0 Å². The van der Waals surface area contributed by atoms with Gasteiger partial charge in [-0.05, 0) is 461 Å². The predicted octanol–water partition coefficient (Wildman–Crippen LogP) is 6.97. The van der Waals surface area contributed by atoms with Gasteiger partial charge < -0.3 is 0 Å². The van der Waals surface area contributed by atoms with Gasteiger partial charge in [0.1, 0.15) is 0 Å². The maximum Gasteiger partial charge on any atom is -0.000370 e. The molecule has 0 nitrogen and oxygen atoms in total. The first-order valence-corrected chi connectivity index (χ1v) is 40.8. The van der Waals surface area contributed by atoms with Gasteiger partial charge in [-0.2, -0.15) is 0 Å². The lowest BCUT2D eigenvalue weighted by atomic mass is 8.27. The fourth-order valence-electron chi connectivity index (χ4n) is 94.8. The summed E-state index contributed by atoms with van der Waals surface area (Å²) < 4.78 is 0. The minimum atomic E-state index is 1.05. The lowest BCUT2D eigenvalue weighted by Gasteiger charge is -3.75. The highest BCUT2D eigenvalue weighted by atomic mass is 15.8. The molecule has 82 heavy (non-hydrogen) atoms. The van der Waals surface area contributed by atoms with Crippen LogP contribution in [-0.4, -0.2) is 0 Å². The number of hydrogen-bond acceptors (Lipinski definition) is 0. The third-order valence-corrected chi connectivity index (χ3v) is 72.8. The van der Waals surface area contributed by atoms with E-state index >= 15 is 0 Å². The largest absolute Gasteiger partial charge is 0.0527 e. The Balaban J connectivity index is 0.641. The van der Waals surface area contributed by atoms with Crippen molar-refractivity contribution in [2.45, 2.75) is 51.4 Å². The Morgan fingerprint density at radius 3 is 1.07 bits per heavy atom. The van der Waals surface area contributed by atoms with Crippen LogP contribution in [-0.2, 0) is 0 Å². The summed E-state index contributed by atoms with van der Waals surface area (Å²) in [7, 11) is 0. The van der Waals surface area contributed by atoms with Crippen LogP contribution in [0.25, 0.3) is 0 Å². The van der Waals surface area contributed by atoms with Gasteiger partial charge in [0, 0.05) is 0 Å². The molecule has 0 aromatic carbocycles. The normalized spacial score (nSPS) is 145. The third-order valence-electron chi connectivity index (χ3n) is 72.8. The molecule has 0 heteroatoms. The highest BCUT2D eigenvalue weighted by Crippen LogP contribution is 3.81. The monoisotopic (exact) mass is 1030 g/mol. The van der Waals surface area contributed by atoms with Gasteiger partial charge >= 0.3 is 0 Å². The van der Waals surface area contributed by atoms with E-state index in [0.717, 1.165) is 238 Å². The highest BCUT2D eigenvalue weighted by Gasteiger charge is 3.80. The van der Waals surface area contributed by atoms with E-state index in [1.807, 2.05) is 44.9 Å². The minimum Gasteiger partial charge on any atom is -0.0527 e. The van der Waals surface area contributed by atoms with Gasteiger partial charge in [-0.3, -0.25) is 0 Å². The quantitative estimate of drug-likeness (QED) is 0.246. The molecule has 0 radical (unpaired) electrons. The SMILES string of the molecule is C1CC2C3C4C5C6C7C8C9C%10C%11CC%12%13C%14CCC%15C%16CC%17C%18C%19C%20C%21C%22C%23C%24C%25C%26C%27C%28CC%29C(C1)C1%30C%31C2C32C43C54C65C76C87C98C%109C%11%12C%10%11C%13%12C%14C%15%13C%16%17C%18%14C%19%15C%20%16C%21%17C%22%18C%23%19C%24%20C%25%21C%26%22C%27(C%29%281)C%301C%312C32C%221C%211C42C52C%201C%191C62C72C83C9%10C%16(C%15%11C%13%14%12)C%173C%1821. The highest BCUT2D eigenvalue weighted by molar-refractivity contribution is 6.33. The Morgan fingerprint density at radius 1 is 0.183 bits per heavy atom. The van der Waals surface area contributed by atoms with Crippen LogP contribution in [0.3, 0.4) is 0 Å². The van der Waals surface area contributed by atoms with E-state index in [4.69, 9.17) is 0 Å². The first kappa shape index (κ1) is 27.1. The lowest BCUT2D eigenvalue weighted by molar-refractivity contribution is -1.27. The molecule has 0 saturated heterocycles. The van der Waals surface area contributed by atoms with E-state index < -0.39 is 0 Å². The Hall–Kier alpha value is 0. The van der Waals surface area contributed by atoms with Crippen molar-refractivity contribution in [1.82, 2.24) is 0 Å². The fraction of sp³-hybridized carbons (Fsp3) is 1.00. The average molecular weight is 1030 g/mol. The van der Waals surface area contributed by atoms with Crippen LogP contribution in [0, 0.1) is 416 Å². The van der Waals surface area contributed by atoms with Crippen LogP contribution < -0.4 is 0 Å². The van der Waals surface area contributed by atoms with Crippen molar-refractivity contribution in [2.75, 3.05) is 0 Å². The van der Waals surface area contributed by atoms with Crippen LogP contribution in [0.5, 0.6) is 0 Å². The summed E-state index contributed by atoms with van der Waals surface area (Å²) in [5, 5.41) is 0. The second-order valence-corrected chi connectivity index (χ2v) is 53.6. The molecule has 0 amide bonds. The molecule has 60 rings (SSSR count). The topological polar surface area (TPSA) is 0 Å².